The molecule has 0 aromatic heterocycles. The van der Waals surface area contributed by atoms with Gasteiger partial charge in [-0.25, -0.2) is 0 Å². The summed E-state index contributed by atoms with van der Waals surface area (Å²) in [5.74, 6) is 0.110. The predicted molar refractivity (Wildman–Crippen MR) is 81.2 cm³/mol. The van der Waals surface area contributed by atoms with Crippen LogP contribution in [0.25, 0.3) is 0 Å². The zero-order valence-corrected chi connectivity index (χ0v) is 13.8. The van der Waals surface area contributed by atoms with Crippen LogP contribution in [0.15, 0.2) is 0 Å². The highest BCUT2D eigenvalue weighted by Crippen LogP contribution is 2.22. The lowest BCUT2D eigenvalue weighted by Crippen LogP contribution is -2.56. The molecule has 0 unspecified atom stereocenters. The molecule has 116 valence electrons. The van der Waals surface area contributed by atoms with E-state index in [2.05, 4.69) is 10.6 Å². The van der Waals surface area contributed by atoms with Gasteiger partial charge in [-0.1, -0.05) is 54.4 Å². The molecule has 20 heavy (non-hydrogen) atoms. The Balaban J connectivity index is 2.68. The maximum Gasteiger partial charge on any atom is 0.225 e. The van der Waals surface area contributed by atoms with Crippen LogP contribution in [0.3, 0.4) is 0 Å². The molecule has 4 heteroatoms. The molecular weight excluding hydrogens is 252 g/mol. The first kappa shape index (κ1) is 17.0. The van der Waals surface area contributed by atoms with E-state index in [0.29, 0.717) is 0 Å². The van der Waals surface area contributed by atoms with E-state index in [9.17, 15) is 9.59 Å². The lowest BCUT2D eigenvalue weighted by atomic mass is 9.87. The number of hydrogen-bond donors (Lipinski definition) is 2. The number of rotatable bonds is 2. The molecule has 0 aromatic rings. The van der Waals surface area contributed by atoms with Crippen LogP contribution >= 0.6 is 0 Å². The van der Waals surface area contributed by atoms with E-state index in [1.807, 2.05) is 41.5 Å². The van der Waals surface area contributed by atoms with Crippen molar-refractivity contribution in [3.63, 3.8) is 0 Å². The predicted octanol–water partition coefficient (Wildman–Crippen LogP) is 2.62. The van der Waals surface area contributed by atoms with Gasteiger partial charge in [0.05, 0.1) is 0 Å². The summed E-state index contributed by atoms with van der Waals surface area (Å²) < 4.78 is 0. The van der Waals surface area contributed by atoms with Gasteiger partial charge in [-0.3, -0.25) is 9.59 Å². The fourth-order valence-corrected chi connectivity index (χ4v) is 2.25. The lowest BCUT2D eigenvalue weighted by molar-refractivity contribution is -0.132. The van der Waals surface area contributed by atoms with E-state index in [4.69, 9.17) is 0 Å². The molecule has 2 atom stereocenters. The van der Waals surface area contributed by atoms with Gasteiger partial charge in [0, 0.05) is 22.9 Å². The smallest absolute Gasteiger partial charge is 0.225 e. The molecule has 2 N–H and O–H groups in total. The summed E-state index contributed by atoms with van der Waals surface area (Å²) >= 11 is 0. The van der Waals surface area contributed by atoms with Gasteiger partial charge < -0.3 is 10.6 Å². The van der Waals surface area contributed by atoms with Crippen molar-refractivity contribution in [2.75, 3.05) is 0 Å². The van der Waals surface area contributed by atoms with Crippen LogP contribution in [-0.2, 0) is 9.59 Å². The van der Waals surface area contributed by atoms with E-state index in [0.717, 1.165) is 25.7 Å². The van der Waals surface area contributed by atoms with Gasteiger partial charge in [-0.15, -0.1) is 0 Å². The Morgan fingerprint density at radius 3 is 1.30 bits per heavy atom. The van der Waals surface area contributed by atoms with Crippen molar-refractivity contribution < 1.29 is 9.59 Å². The van der Waals surface area contributed by atoms with Gasteiger partial charge in [-0.05, 0) is 12.8 Å². The van der Waals surface area contributed by atoms with Crippen LogP contribution < -0.4 is 10.6 Å². The Morgan fingerprint density at radius 1 is 0.750 bits per heavy atom. The molecule has 1 aliphatic rings. The summed E-state index contributed by atoms with van der Waals surface area (Å²) in [5, 5.41) is 6.22. The molecule has 0 saturated heterocycles. The minimum atomic E-state index is -0.393. The third kappa shape index (κ3) is 4.80. The Morgan fingerprint density at radius 2 is 1.05 bits per heavy atom. The molecule has 1 fully saturated rings. The fourth-order valence-electron chi connectivity index (χ4n) is 2.25. The SMILES string of the molecule is CC(C)(C)C(=O)N[C@@H]1CCCC[C@H]1NC(=O)C(C)(C)C. The van der Waals surface area contributed by atoms with Crippen molar-refractivity contribution >= 4 is 11.8 Å². The minimum absolute atomic E-state index is 0.0550. The van der Waals surface area contributed by atoms with Crippen LogP contribution in [-0.4, -0.2) is 23.9 Å². The van der Waals surface area contributed by atoms with Crippen molar-refractivity contribution in [2.24, 2.45) is 10.8 Å². The summed E-state index contributed by atoms with van der Waals surface area (Å²) in [4.78, 5) is 24.3. The molecule has 1 saturated carbocycles. The van der Waals surface area contributed by atoms with Gasteiger partial charge in [0.1, 0.15) is 0 Å². The Hall–Kier alpha value is -1.06. The average Bonchev–Trinajstić information content (AvgIpc) is 2.29. The average molecular weight is 282 g/mol. The van der Waals surface area contributed by atoms with E-state index in [1.54, 1.807) is 0 Å². The molecule has 0 aromatic carbocycles. The fraction of sp³-hybridized carbons (Fsp3) is 0.875. The standard InChI is InChI=1S/C16H30N2O2/c1-15(2,3)13(19)17-11-9-7-8-10-12(11)18-14(20)16(4,5)6/h11-12H,7-10H2,1-6H3,(H,17,19)(H,18,20)/t11-,12-/m1/s1. The van der Waals surface area contributed by atoms with E-state index in [-0.39, 0.29) is 23.9 Å². The van der Waals surface area contributed by atoms with Crippen molar-refractivity contribution in [3.05, 3.63) is 0 Å². The van der Waals surface area contributed by atoms with Crippen molar-refractivity contribution in [2.45, 2.75) is 79.3 Å². The van der Waals surface area contributed by atoms with Gasteiger partial charge >= 0.3 is 0 Å². The highest BCUT2D eigenvalue weighted by Gasteiger charge is 2.33. The topological polar surface area (TPSA) is 58.2 Å². The first-order chi connectivity index (χ1) is 9.01. The third-order valence-electron chi connectivity index (χ3n) is 3.76. The maximum absolute atomic E-state index is 12.1. The van der Waals surface area contributed by atoms with Crippen molar-refractivity contribution in [3.8, 4) is 0 Å². The molecular formula is C16H30N2O2. The molecule has 2 amide bonds. The number of carbonyl (C=O) groups excluding carboxylic acids is 2. The highest BCUT2D eigenvalue weighted by atomic mass is 16.2. The largest absolute Gasteiger partial charge is 0.351 e. The van der Waals surface area contributed by atoms with E-state index >= 15 is 0 Å². The Kier molecular flexibility index (Phi) is 5.22. The number of carbonyl (C=O) groups is 2. The minimum Gasteiger partial charge on any atom is -0.351 e. The molecule has 0 aliphatic heterocycles. The summed E-state index contributed by atoms with van der Waals surface area (Å²) in [7, 11) is 0. The molecule has 1 aliphatic carbocycles. The summed E-state index contributed by atoms with van der Waals surface area (Å²) in [6.45, 7) is 11.5. The first-order valence-corrected chi connectivity index (χ1v) is 7.64. The molecule has 0 spiro atoms. The Labute approximate surface area is 123 Å². The molecule has 0 bridgehead atoms. The first-order valence-electron chi connectivity index (χ1n) is 7.64. The van der Waals surface area contributed by atoms with Crippen LogP contribution in [0.4, 0.5) is 0 Å². The van der Waals surface area contributed by atoms with Gasteiger partial charge in [0.15, 0.2) is 0 Å². The normalized spacial score (nSPS) is 24.1. The van der Waals surface area contributed by atoms with Gasteiger partial charge in [0.25, 0.3) is 0 Å². The number of amides is 2. The monoisotopic (exact) mass is 282 g/mol. The lowest BCUT2D eigenvalue weighted by Gasteiger charge is -2.36. The molecule has 0 heterocycles. The summed E-state index contributed by atoms with van der Waals surface area (Å²) in [5.41, 5.74) is -0.786. The zero-order valence-electron chi connectivity index (χ0n) is 13.8. The molecule has 1 rings (SSSR count). The van der Waals surface area contributed by atoms with Crippen LogP contribution in [0, 0.1) is 10.8 Å². The highest BCUT2D eigenvalue weighted by molar-refractivity contribution is 5.83. The quantitative estimate of drug-likeness (QED) is 0.818. The summed E-state index contributed by atoms with van der Waals surface area (Å²) in [6, 6.07) is 0.114. The van der Waals surface area contributed by atoms with E-state index in [1.165, 1.54) is 0 Å². The number of nitrogens with one attached hydrogen (secondary N) is 2. The second kappa shape index (κ2) is 6.15. The van der Waals surface area contributed by atoms with Gasteiger partial charge in [-0.2, -0.15) is 0 Å². The summed E-state index contributed by atoms with van der Waals surface area (Å²) in [6.07, 6.45) is 4.10. The van der Waals surface area contributed by atoms with Crippen LogP contribution in [0.2, 0.25) is 0 Å². The van der Waals surface area contributed by atoms with E-state index < -0.39 is 10.8 Å². The maximum atomic E-state index is 12.1. The molecule has 0 radical (unpaired) electrons. The number of hydrogen-bond acceptors (Lipinski definition) is 2. The second-order valence-corrected chi connectivity index (χ2v) is 7.94. The van der Waals surface area contributed by atoms with Crippen molar-refractivity contribution in [1.29, 1.82) is 0 Å². The van der Waals surface area contributed by atoms with Crippen LogP contribution in [0.1, 0.15) is 67.2 Å². The second-order valence-electron chi connectivity index (χ2n) is 7.94. The van der Waals surface area contributed by atoms with Gasteiger partial charge in [0.2, 0.25) is 11.8 Å². The molecule has 4 nitrogen and oxygen atoms in total. The third-order valence-corrected chi connectivity index (χ3v) is 3.76. The Bertz CT molecular complexity index is 328. The zero-order chi connectivity index (χ0) is 15.6. The van der Waals surface area contributed by atoms with Crippen molar-refractivity contribution in [1.82, 2.24) is 10.6 Å². The van der Waals surface area contributed by atoms with Crippen LogP contribution in [0.5, 0.6) is 0 Å².